The van der Waals surface area contributed by atoms with Crippen molar-refractivity contribution in [3.8, 4) is 5.75 Å². The lowest BCUT2D eigenvalue weighted by Crippen LogP contribution is -2.17. The molecular weight excluding hydrogens is 334 g/mol. The van der Waals surface area contributed by atoms with Crippen LogP contribution in [-0.2, 0) is 11.2 Å². The summed E-state index contributed by atoms with van der Waals surface area (Å²) in [6.07, 6.45) is 2.01. The zero-order valence-corrected chi connectivity index (χ0v) is 13.4. The van der Waals surface area contributed by atoms with E-state index in [9.17, 15) is 9.90 Å². The zero-order chi connectivity index (χ0) is 15.4. The van der Waals surface area contributed by atoms with Crippen molar-refractivity contribution in [2.75, 3.05) is 7.11 Å². The van der Waals surface area contributed by atoms with E-state index in [0.717, 1.165) is 11.1 Å². The van der Waals surface area contributed by atoms with E-state index in [1.807, 2.05) is 37.3 Å². The van der Waals surface area contributed by atoms with Gasteiger partial charge in [0, 0.05) is 10.7 Å². The summed E-state index contributed by atoms with van der Waals surface area (Å²) >= 11 is 3.41. The molecule has 2 aromatic rings. The molecule has 4 nitrogen and oxygen atoms in total. The molecule has 1 atom stereocenters. The van der Waals surface area contributed by atoms with E-state index >= 15 is 0 Å². The smallest absolute Gasteiger partial charge is 0.312 e. The van der Waals surface area contributed by atoms with Gasteiger partial charge in [-0.15, -0.1) is 0 Å². The van der Waals surface area contributed by atoms with Crippen LogP contribution in [0.15, 0.2) is 41.0 Å². The molecule has 0 aliphatic heterocycles. The Bertz CT molecular complexity index is 658. The van der Waals surface area contributed by atoms with Crippen LogP contribution in [-0.4, -0.2) is 23.2 Å². The molecule has 1 aromatic heterocycles. The summed E-state index contributed by atoms with van der Waals surface area (Å²) in [5.74, 6) is -0.943. The lowest BCUT2D eigenvalue weighted by molar-refractivity contribution is -0.138. The van der Waals surface area contributed by atoms with Crippen LogP contribution in [0.25, 0.3) is 0 Å². The number of methoxy groups -OCH3 is 1. The number of benzene rings is 1. The number of nitrogens with zero attached hydrogens (tertiary/aromatic N) is 1. The Morgan fingerprint density at radius 2 is 2.14 bits per heavy atom. The maximum absolute atomic E-state index is 11.6. The highest BCUT2D eigenvalue weighted by Gasteiger charge is 2.25. The molecular formula is C16H16BrNO3. The second-order valence-corrected chi connectivity index (χ2v) is 5.64. The van der Waals surface area contributed by atoms with Crippen molar-refractivity contribution in [1.82, 2.24) is 4.98 Å². The third kappa shape index (κ3) is 3.61. The van der Waals surface area contributed by atoms with Crippen LogP contribution in [0.1, 0.15) is 22.7 Å². The van der Waals surface area contributed by atoms with Crippen LogP contribution in [0, 0.1) is 6.92 Å². The molecule has 0 fully saturated rings. The van der Waals surface area contributed by atoms with E-state index < -0.39 is 11.9 Å². The average molecular weight is 350 g/mol. The van der Waals surface area contributed by atoms with Gasteiger partial charge in [-0.05, 0) is 52.5 Å². The predicted octanol–water partition coefficient (Wildman–Crippen LogP) is 3.57. The molecule has 1 heterocycles. The number of carboxylic acids is 1. The molecule has 1 N–H and O–H groups in total. The van der Waals surface area contributed by atoms with Crippen LogP contribution in [0.4, 0.5) is 0 Å². The summed E-state index contributed by atoms with van der Waals surface area (Å²) < 4.78 is 6.00. The number of halogens is 1. The number of hydrogen-bond donors (Lipinski definition) is 1. The highest BCUT2D eigenvalue weighted by atomic mass is 79.9. The summed E-state index contributed by atoms with van der Waals surface area (Å²) in [6.45, 7) is 1.91. The fourth-order valence-electron chi connectivity index (χ4n) is 2.19. The number of pyridine rings is 1. The fourth-order valence-corrected chi connectivity index (χ4v) is 2.93. The molecule has 0 amide bonds. The van der Waals surface area contributed by atoms with E-state index in [4.69, 9.17) is 4.74 Å². The second-order valence-electron chi connectivity index (χ2n) is 4.79. The number of aliphatic carboxylic acids is 1. The van der Waals surface area contributed by atoms with Crippen molar-refractivity contribution < 1.29 is 14.6 Å². The minimum atomic E-state index is -0.905. The minimum Gasteiger partial charge on any atom is -0.496 e. The summed E-state index contributed by atoms with van der Waals surface area (Å²) in [6, 6.07) is 9.30. The molecule has 0 aliphatic carbocycles. The van der Waals surface area contributed by atoms with Crippen LogP contribution in [0.5, 0.6) is 5.75 Å². The van der Waals surface area contributed by atoms with Gasteiger partial charge in [0.15, 0.2) is 0 Å². The van der Waals surface area contributed by atoms with Crippen LogP contribution in [0.3, 0.4) is 0 Å². The van der Waals surface area contributed by atoms with Crippen LogP contribution < -0.4 is 4.74 Å². The first-order valence-electron chi connectivity index (χ1n) is 6.49. The summed E-state index contributed by atoms with van der Waals surface area (Å²) in [4.78, 5) is 15.9. The maximum Gasteiger partial charge on any atom is 0.312 e. The van der Waals surface area contributed by atoms with E-state index in [-0.39, 0.29) is 0 Å². The Hall–Kier alpha value is -1.88. The molecule has 1 aromatic carbocycles. The van der Waals surface area contributed by atoms with Crippen molar-refractivity contribution in [3.63, 3.8) is 0 Å². The third-order valence-electron chi connectivity index (χ3n) is 3.25. The molecule has 2 rings (SSSR count). The molecule has 1 unspecified atom stereocenters. The van der Waals surface area contributed by atoms with Gasteiger partial charge in [0.1, 0.15) is 11.7 Å². The first-order valence-corrected chi connectivity index (χ1v) is 7.29. The standard InChI is InChI=1S/C16H16BrNO3/c1-10-7-13(17)15(18-9-10)12(16(19)20)8-11-5-3-4-6-14(11)21-2/h3-7,9,12H,8H2,1-2H3,(H,19,20). The number of para-hydroxylation sites is 1. The number of aromatic nitrogens is 1. The number of ether oxygens (including phenoxy) is 1. The molecule has 0 aliphatic rings. The van der Waals surface area contributed by atoms with E-state index in [2.05, 4.69) is 20.9 Å². The fraction of sp³-hybridized carbons (Fsp3) is 0.250. The highest BCUT2D eigenvalue weighted by molar-refractivity contribution is 9.10. The number of aryl methyl sites for hydroxylation is 1. The third-order valence-corrected chi connectivity index (χ3v) is 3.89. The van der Waals surface area contributed by atoms with Gasteiger partial charge in [-0.3, -0.25) is 9.78 Å². The Balaban J connectivity index is 2.38. The SMILES string of the molecule is COc1ccccc1CC(C(=O)O)c1ncc(C)cc1Br. The van der Waals surface area contributed by atoms with Gasteiger partial charge in [-0.2, -0.15) is 0 Å². The van der Waals surface area contributed by atoms with Crippen molar-refractivity contribution >= 4 is 21.9 Å². The lowest BCUT2D eigenvalue weighted by Gasteiger charge is -2.16. The van der Waals surface area contributed by atoms with Gasteiger partial charge in [-0.25, -0.2) is 0 Å². The summed E-state index contributed by atoms with van der Waals surface area (Å²) in [7, 11) is 1.58. The highest BCUT2D eigenvalue weighted by Crippen LogP contribution is 2.30. The van der Waals surface area contributed by atoms with Gasteiger partial charge >= 0.3 is 5.97 Å². The molecule has 21 heavy (non-hydrogen) atoms. The van der Waals surface area contributed by atoms with Gasteiger partial charge < -0.3 is 9.84 Å². The summed E-state index contributed by atoms with van der Waals surface area (Å²) in [5.41, 5.74) is 2.35. The maximum atomic E-state index is 11.6. The van der Waals surface area contributed by atoms with E-state index in [1.165, 1.54) is 0 Å². The van der Waals surface area contributed by atoms with Gasteiger partial charge in [0.05, 0.1) is 12.8 Å². The largest absolute Gasteiger partial charge is 0.496 e. The second kappa shape index (κ2) is 6.72. The molecule has 0 saturated carbocycles. The number of carbonyl (C=O) groups is 1. The van der Waals surface area contributed by atoms with Crippen LogP contribution >= 0.6 is 15.9 Å². The minimum absolute atomic E-state index is 0.327. The molecule has 0 spiro atoms. The Morgan fingerprint density at radius 1 is 1.43 bits per heavy atom. The van der Waals surface area contributed by atoms with Gasteiger partial charge in [-0.1, -0.05) is 18.2 Å². The van der Waals surface area contributed by atoms with E-state index in [0.29, 0.717) is 22.3 Å². The first-order chi connectivity index (χ1) is 10.0. The van der Waals surface area contributed by atoms with Crippen molar-refractivity contribution in [3.05, 3.63) is 57.8 Å². The van der Waals surface area contributed by atoms with Crippen LogP contribution in [0.2, 0.25) is 0 Å². The summed E-state index contributed by atoms with van der Waals surface area (Å²) in [5, 5.41) is 9.54. The average Bonchev–Trinajstić information content (AvgIpc) is 2.45. The van der Waals surface area contributed by atoms with Crippen molar-refractivity contribution in [2.45, 2.75) is 19.3 Å². The monoisotopic (exact) mass is 349 g/mol. The van der Waals surface area contributed by atoms with Crippen molar-refractivity contribution in [1.29, 1.82) is 0 Å². The van der Waals surface area contributed by atoms with Gasteiger partial charge in [0.25, 0.3) is 0 Å². The Morgan fingerprint density at radius 3 is 2.76 bits per heavy atom. The quantitative estimate of drug-likeness (QED) is 0.896. The number of rotatable bonds is 5. The Labute approximate surface area is 131 Å². The molecule has 0 bridgehead atoms. The van der Waals surface area contributed by atoms with E-state index in [1.54, 1.807) is 13.3 Å². The topological polar surface area (TPSA) is 59.4 Å². The van der Waals surface area contributed by atoms with Gasteiger partial charge in [0.2, 0.25) is 0 Å². The predicted molar refractivity (Wildman–Crippen MR) is 83.7 cm³/mol. The lowest BCUT2D eigenvalue weighted by atomic mass is 9.95. The molecule has 5 heteroatoms. The number of carboxylic acid groups (broad SMARTS) is 1. The molecule has 110 valence electrons. The molecule has 0 radical (unpaired) electrons. The van der Waals surface area contributed by atoms with Crippen molar-refractivity contribution in [2.24, 2.45) is 0 Å². The normalized spacial score (nSPS) is 12.0. The number of hydrogen-bond acceptors (Lipinski definition) is 3. The molecule has 0 saturated heterocycles. The first kappa shape index (κ1) is 15.5. The zero-order valence-electron chi connectivity index (χ0n) is 11.8. The Kier molecular flexibility index (Phi) is 4.96.